The summed E-state index contributed by atoms with van der Waals surface area (Å²) in [5.74, 6) is -0.419. The Balaban J connectivity index is 1.94. The summed E-state index contributed by atoms with van der Waals surface area (Å²) in [6, 6.07) is 11.3. The van der Waals surface area contributed by atoms with Crippen molar-refractivity contribution in [1.82, 2.24) is 0 Å². The lowest BCUT2D eigenvalue weighted by molar-refractivity contribution is -0.488. The highest BCUT2D eigenvalue weighted by Gasteiger charge is 2.48. The fraction of sp³-hybridized carbons (Fsp3) is 0.368. The third kappa shape index (κ3) is 2.68. The predicted molar refractivity (Wildman–Crippen MR) is 102 cm³/mol. The van der Waals surface area contributed by atoms with Gasteiger partial charge in [0.1, 0.15) is 5.69 Å². The molecule has 0 aliphatic carbocycles. The summed E-state index contributed by atoms with van der Waals surface area (Å²) in [6.07, 6.45) is 0. The largest absolute Gasteiger partial charge is 0.374 e. The molecule has 0 saturated heterocycles. The van der Waals surface area contributed by atoms with Crippen molar-refractivity contribution in [1.29, 1.82) is 0 Å². The Labute approximate surface area is 156 Å². The maximum Gasteiger partial charge on any atom is 0.295 e. The molecule has 8 nitrogen and oxygen atoms in total. The number of nitro benzene ring substituents is 1. The van der Waals surface area contributed by atoms with Crippen molar-refractivity contribution >= 4 is 17.1 Å². The minimum atomic E-state index is -0.362. The van der Waals surface area contributed by atoms with Crippen LogP contribution < -0.4 is 10.2 Å². The van der Waals surface area contributed by atoms with Crippen molar-refractivity contribution in [2.45, 2.75) is 18.9 Å². The fourth-order valence-electron chi connectivity index (χ4n) is 4.64. The molecule has 0 aromatic heterocycles. The second kappa shape index (κ2) is 6.22. The van der Waals surface area contributed by atoms with Crippen molar-refractivity contribution in [2.24, 2.45) is 5.92 Å². The van der Waals surface area contributed by atoms with Crippen LogP contribution in [0.5, 0.6) is 0 Å². The molecule has 2 heterocycles. The van der Waals surface area contributed by atoms with Crippen LogP contribution in [0.15, 0.2) is 36.4 Å². The van der Waals surface area contributed by atoms with Crippen LogP contribution in [0.1, 0.15) is 28.7 Å². The Kier molecular flexibility index (Phi) is 3.98. The van der Waals surface area contributed by atoms with Gasteiger partial charge in [-0.15, -0.1) is 0 Å². The van der Waals surface area contributed by atoms with Crippen LogP contribution in [0, 0.1) is 33.1 Å². The Morgan fingerprint density at radius 3 is 2.56 bits per heavy atom. The summed E-state index contributed by atoms with van der Waals surface area (Å²) >= 11 is 0. The van der Waals surface area contributed by atoms with E-state index in [1.54, 1.807) is 6.92 Å². The highest BCUT2D eigenvalue weighted by atomic mass is 16.6. The van der Waals surface area contributed by atoms with Gasteiger partial charge in [-0.25, -0.2) is 0 Å². The third-order valence-electron chi connectivity index (χ3n) is 5.65. The summed E-state index contributed by atoms with van der Waals surface area (Å²) in [5, 5.41) is 26.4. The Bertz CT molecular complexity index is 931. The summed E-state index contributed by atoms with van der Waals surface area (Å²) in [5.41, 5.74) is 3.90. The van der Waals surface area contributed by atoms with E-state index in [2.05, 4.69) is 5.32 Å². The molecule has 2 aromatic carbocycles. The van der Waals surface area contributed by atoms with Gasteiger partial charge in [0.15, 0.2) is 0 Å². The van der Waals surface area contributed by atoms with Crippen LogP contribution in [0.2, 0.25) is 0 Å². The number of benzene rings is 2. The lowest BCUT2D eigenvalue weighted by Crippen LogP contribution is -2.39. The summed E-state index contributed by atoms with van der Waals surface area (Å²) in [4.78, 5) is 24.4. The Morgan fingerprint density at radius 1 is 1.22 bits per heavy atom. The minimum Gasteiger partial charge on any atom is -0.374 e. The van der Waals surface area contributed by atoms with E-state index in [1.807, 2.05) is 48.3 Å². The van der Waals surface area contributed by atoms with E-state index in [0.717, 1.165) is 16.8 Å². The number of nitrogens with one attached hydrogen (secondary N) is 1. The number of anilines is 2. The van der Waals surface area contributed by atoms with Gasteiger partial charge in [-0.1, -0.05) is 30.3 Å². The topological polar surface area (TPSA) is 102 Å². The lowest BCUT2D eigenvalue weighted by Gasteiger charge is -2.37. The average Bonchev–Trinajstić information content (AvgIpc) is 2.99. The van der Waals surface area contributed by atoms with Gasteiger partial charge in [0.05, 0.1) is 16.9 Å². The SMILES string of the molecule is Cc1cc2c3c(c1[N+](=O)[O-])NC(c1ccccc1)C3C(C[N+](=O)[O-])CN2C. The monoisotopic (exact) mass is 368 g/mol. The zero-order valence-electron chi connectivity index (χ0n) is 15.1. The molecule has 0 bridgehead atoms. The zero-order valence-corrected chi connectivity index (χ0v) is 15.1. The van der Waals surface area contributed by atoms with Crippen molar-refractivity contribution in [3.63, 3.8) is 0 Å². The van der Waals surface area contributed by atoms with Crippen LogP contribution in [0.25, 0.3) is 0 Å². The molecular weight excluding hydrogens is 348 g/mol. The maximum atomic E-state index is 11.7. The molecule has 3 unspecified atom stereocenters. The van der Waals surface area contributed by atoms with Gasteiger partial charge in [-0.3, -0.25) is 20.2 Å². The van der Waals surface area contributed by atoms with Crippen LogP contribution in [-0.4, -0.2) is 30.0 Å². The van der Waals surface area contributed by atoms with Crippen LogP contribution in [0.4, 0.5) is 17.1 Å². The third-order valence-corrected chi connectivity index (χ3v) is 5.65. The van der Waals surface area contributed by atoms with Crippen molar-refractivity contribution in [3.8, 4) is 0 Å². The van der Waals surface area contributed by atoms with Crippen molar-refractivity contribution in [2.75, 3.05) is 30.4 Å². The van der Waals surface area contributed by atoms with E-state index in [9.17, 15) is 20.2 Å². The van der Waals surface area contributed by atoms with Gasteiger partial charge >= 0.3 is 0 Å². The molecular formula is C19H20N4O4. The zero-order chi connectivity index (χ0) is 19.3. The molecule has 0 radical (unpaired) electrons. The number of aryl methyl sites for hydroxylation is 1. The lowest BCUT2D eigenvalue weighted by atomic mass is 9.76. The van der Waals surface area contributed by atoms with Crippen LogP contribution in [0.3, 0.4) is 0 Å². The van der Waals surface area contributed by atoms with Gasteiger partial charge in [0, 0.05) is 41.2 Å². The van der Waals surface area contributed by atoms with Gasteiger partial charge in [0.25, 0.3) is 5.69 Å². The summed E-state index contributed by atoms with van der Waals surface area (Å²) in [6.45, 7) is 2.11. The van der Waals surface area contributed by atoms with E-state index < -0.39 is 0 Å². The molecule has 2 aromatic rings. The Morgan fingerprint density at radius 2 is 1.93 bits per heavy atom. The van der Waals surface area contributed by atoms with E-state index in [1.165, 1.54) is 0 Å². The smallest absolute Gasteiger partial charge is 0.295 e. The molecule has 8 heteroatoms. The Hall–Kier alpha value is -3.16. The van der Waals surface area contributed by atoms with Gasteiger partial charge in [-0.2, -0.15) is 0 Å². The summed E-state index contributed by atoms with van der Waals surface area (Å²) in [7, 11) is 1.89. The molecule has 2 aliphatic heterocycles. The average molecular weight is 368 g/mol. The fourth-order valence-corrected chi connectivity index (χ4v) is 4.64. The molecule has 0 saturated carbocycles. The van der Waals surface area contributed by atoms with E-state index in [-0.39, 0.29) is 40.0 Å². The van der Waals surface area contributed by atoms with Gasteiger partial charge in [-0.05, 0) is 18.6 Å². The first-order valence-electron chi connectivity index (χ1n) is 8.84. The van der Waals surface area contributed by atoms with Crippen LogP contribution in [-0.2, 0) is 0 Å². The van der Waals surface area contributed by atoms with Gasteiger partial charge < -0.3 is 10.2 Å². The van der Waals surface area contributed by atoms with Crippen molar-refractivity contribution in [3.05, 3.63) is 73.3 Å². The quantitative estimate of drug-likeness (QED) is 0.655. The van der Waals surface area contributed by atoms with Gasteiger partial charge in [0.2, 0.25) is 6.54 Å². The minimum absolute atomic E-state index is 0.0623. The number of nitrogens with zero attached hydrogens (tertiary/aromatic N) is 3. The van der Waals surface area contributed by atoms with E-state index in [0.29, 0.717) is 17.8 Å². The van der Waals surface area contributed by atoms with E-state index >= 15 is 0 Å². The number of nitro groups is 2. The molecule has 0 spiro atoms. The molecule has 140 valence electrons. The van der Waals surface area contributed by atoms with Crippen LogP contribution >= 0.6 is 0 Å². The number of rotatable bonds is 4. The van der Waals surface area contributed by atoms with Crippen molar-refractivity contribution < 1.29 is 9.85 Å². The molecule has 27 heavy (non-hydrogen) atoms. The summed E-state index contributed by atoms with van der Waals surface area (Å²) < 4.78 is 0. The normalized spacial score (nSPS) is 22.9. The molecule has 3 atom stereocenters. The first kappa shape index (κ1) is 17.3. The molecule has 4 rings (SSSR count). The predicted octanol–water partition coefficient (Wildman–Crippen LogP) is 3.50. The number of hydrogen-bond donors (Lipinski definition) is 1. The van der Waals surface area contributed by atoms with E-state index in [4.69, 9.17) is 0 Å². The first-order valence-corrected chi connectivity index (χ1v) is 8.84. The molecule has 0 fully saturated rings. The highest BCUT2D eigenvalue weighted by Crippen LogP contribution is 2.57. The molecule has 1 N–H and O–H groups in total. The second-order valence-electron chi connectivity index (χ2n) is 7.32. The standard InChI is InChI=1S/C19H20N4O4/c1-11-8-14-16-15(13(9-21(14)2)10-22(24)25)17(12-6-4-3-5-7-12)20-18(16)19(11)23(26)27/h3-8,13,15,17,20H,9-10H2,1-2H3. The second-order valence-corrected chi connectivity index (χ2v) is 7.32. The highest BCUT2D eigenvalue weighted by molar-refractivity contribution is 5.83. The molecule has 0 amide bonds. The first-order chi connectivity index (χ1) is 12.9. The number of hydrogen-bond acceptors (Lipinski definition) is 6. The maximum absolute atomic E-state index is 11.7. The molecule has 2 aliphatic rings.